The van der Waals surface area contributed by atoms with Gasteiger partial charge in [-0.25, -0.2) is 0 Å². The largest absolute Gasteiger partial charge is 0.491 e. The number of nitrogens with two attached hydrogens (primary N) is 1. The maximum Gasteiger partial charge on any atom is 0.122 e. The van der Waals surface area contributed by atoms with Crippen LogP contribution in [0.15, 0.2) is 22.7 Å². The van der Waals surface area contributed by atoms with Gasteiger partial charge < -0.3 is 15.2 Å². The third-order valence-corrected chi connectivity index (χ3v) is 2.75. The van der Waals surface area contributed by atoms with Crippen molar-refractivity contribution >= 4 is 15.9 Å². The van der Waals surface area contributed by atoms with E-state index in [1.54, 1.807) is 0 Å². The van der Waals surface area contributed by atoms with Crippen LogP contribution in [0.1, 0.15) is 19.4 Å². The van der Waals surface area contributed by atoms with E-state index in [1.807, 2.05) is 26.0 Å². The van der Waals surface area contributed by atoms with Crippen molar-refractivity contribution in [3.8, 4) is 5.75 Å². The van der Waals surface area contributed by atoms with Gasteiger partial charge in [0.2, 0.25) is 0 Å². The summed E-state index contributed by atoms with van der Waals surface area (Å²) in [4.78, 5) is 0. The van der Waals surface area contributed by atoms with Crippen LogP contribution in [0.4, 0.5) is 0 Å². The number of halogens is 1. The van der Waals surface area contributed by atoms with Crippen LogP contribution in [0, 0.1) is 0 Å². The average molecular weight is 302 g/mol. The van der Waals surface area contributed by atoms with Crippen molar-refractivity contribution in [3.05, 3.63) is 28.2 Å². The lowest BCUT2D eigenvalue weighted by Gasteiger charge is -2.13. The van der Waals surface area contributed by atoms with E-state index in [2.05, 4.69) is 22.0 Å². The Morgan fingerprint density at radius 2 is 2.12 bits per heavy atom. The summed E-state index contributed by atoms with van der Waals surface area (Å²) in [6.07, 6.45) is 0.809. The molecule has 1 aromatic rings. The Labute approximate surface area is 111 Å². The fraction of sp³-hybridized carbons (Fsp3) is 0.538. The van der Waals surface area contributed by atoms with E-state index in [9.17, 15) is 0 Å². The molecular weight excluding hydrogens is 282 g/mol. The van der Waals surface area contributed by atoms with Crippen LogP contribution in [-0.4, -0.2) is 25.9 Å². The van der Waals surface area contributed by atoms with E-state index in [1.165, 1.54) is 0 Å². The van der Waals surface area contributed by atoms with Crippen molar-refractivity contribution in [2.75, 3.05) is 19.8 Å². The van der Waals surface area contributed by atoms with Gasteiger partial charge in [0.1, 0.15) is 12.4 Å². The molecule has 1 atom stereocenters. The molecule has 0 radical (unpaired) electrons. The molecule has 96 valence electrons. The average Bonchev–Trinajstić information content (AvgIpc) is 2.26. The van der Waals surface area contributed by atoms with Gasteiger partial charge in [-0.15, -0.1) is 0 Å². The minimum atomic E-state index is 0.124. The molecule has 0 saturated carbocycles. The minimum Gasteiger partial charge on any atom is -0.491 e. The smallest absolute Gasteiger partial charge is 0.122 e. The quantitative estimate of drug-likeness (QED) is 0.788. The summed E-state index contributed by atoms with van der Waals surface area (Å²) in [6, 6.07) is 6.12. The van der Waals surface area contributed by atoms with E-state index >= 15 is 0 Å². The van der Waals surface area contributed by atoms with Crippen LogP contribution in [0.25, 0.3) is 0 Å². The second-order valence-electron chi connectivity index (χ2n) is 3.98. The number of hydrogen-bond donors (Lipinski definition) is 1. The Balaban J connectivity index is 2.62. The minimum absolute atomic E-state index is 0.124. The van der Waals surface area contributed by atoms with Crippen LogP contribution in [0.2, 0.25) is 0 Å². The normalized spacial score (nSPS) is 12.5. The number of rotatable bonds is 7. The summed E-state index contributed by atoms with van der Waals surface area (Å²) < 4.78 is 12.0. The zero-order chi connectivity index (χ0) is 12.7. The molecule has 0 saturated heterocycles. The summed E-state index contributed by atoms with van der Waals surface area (Å²) in [5.74, 6) is 0.894. The monoisotopic (exact) mass is 301 g/mol. The van der Waals surface area contributed by atoms with Gasteiger partial charge in [0.15, 0.2) is 0 Å². The number of hydrogen-bond acceptors (Lipinski definition) is 3. The van der Waals surface area contributed by atoms with Gasteiger partial charge in [0.05, 0.1) is 6.61 Å². The molecule has 0 aliphatic carbocycles. The molecule has 0 spiro atoms. The molecule has 0 aromatic heterocycles. The predicted molar refractivity (Wildman–Crippen MR) is 73.5 cm³/mol. The molecule has 0 bridgehead atoms. The highest BCUT2D eigenvalue weighted by molar-refractivity contribution is 9.10. The summed E-state index contributed by atoms with van der Waals surface area (Å²) in [5.41, 5.74) is 6.95. The Kier molecular flexibility index (Phi) is 6.55. The van der Waals surface area contributed by atoms with Gasteiger partial charge >= 0.3 is 0 Å². The maximum absolute atomic E-state index is 5.82. The van der Waals surface area contributed by atoms with E-state index in [0.29, 0.717) is 13.2 Å². The number of benzene rings is 1. The molecule has 3 nitrogen and oxygen atoms in total. The Hall–Kier alpha value is -0.580. The van der Waals surface area contributed by atoms with Crippen LogP contribution >= 0.6 is 15.9 Å². The zero-order valence-electron chi connectivity index (χ0n) is 10.4. The molecule has 0 fully saturated rings. The fourth-order valence-corrected chi connectivity index (χ4v) is 1.96. The predicted octanol–water partition coefficient (Wildman–Crippen LogP) is 2.75. The third-order valence-electron chi connectivity index (χ3n) is 2.25. The highest BCUT2D eigenvalue weighted by Gasteiger charge is 2.07. The molecule has 2 N–H and O–H groups in total. The second-order valence-corrected chi connectivity index (χ2v) is 4.89. The third kappa shape index (κ3) is 5.52. The van der Waals surface area contributed by atoms with Crippen molar-refractivity contribution in [1.29, 1.82) is 0 Å². The lowest BCUT2D eigenvalue weighted by atomic mass is 10.1. The van der Waals surface area contributed by atoms with E-state index in [-0.39, 0.29) is 6.04 Å². The summed E-state index contributed by atoms with van der Waals surface area (Å²) in [7, 11) is 0. The molecule has 0 amide bonds. The summed E-state index contributed by atoms with van der Waals surface area (Å²) in [5, 5.41) is 0. The molecule has 0 aliphatic rings. The van der Waals surface area contributed by atoms with E-state index in [4.69, 9.17) is 15.2 Å². The SMILES string of the molecule is CCOCCOc1ccc(Br)cc1CC(C)N. The van der Waals surface area contributed by atoms with Crippen molar-refractivity contribution in [2.45, 2.75) is 26.3 Å². The van der Waals surface area contributed by atoms with E-state index < -0.39 is 0 Å². The van der Waals surface area contributed by atoms with Gasteiger partial charge in [-0.1, -0.05) is 15.9 Å². The van der Waals surface area contributed by atoms with Gasteiger partial charge in [-0.05, 0) is 44.0 Å². The Morgan fingerprint density at radius 3 is 2.76 bits per heavy atom. The zero-order valence-corrected chi connectivity index (χ0v) is 12.0. The first-order chi connectivity index (χ1) is 8.13. The molecule has 1 rings (SSSR count). The van der Waals surface area contributed by atoms with Gasteiger partial charge in [0.25, 0.3) is 0 Å². The lowest BCUT2D eigenvalue weighted by molar-refractivity contribution is 0.110. The maximum atomic E-state index is 5.82. The highest BCUT2D eigenvalue weighted by atomic mass is 79.9. The second kappa shape index (κ2) is 7.69. The molecular formula is C13H20BrNO2. The molecule has 1 aromatic carbocycles. The summed E-state index contributed by atoms with van der Waals surface area (Å²) in [6.45, 7) is 5.87. The van der Waals surface area contributed by atoms with Crippen molar-refractivity contribution < 1.29 is 9.47 Å². The molecule has 4 heteroatoms. The van der Waals surface area contributed by atoms with Gasteiger partial charge in [-0.3, -0.25) is 0 Å². The first-order valence-corrected chi connectivity index (χ1v) is 6.67. The van der Waals surface area contributed by atoms with Gasteiger partial charge in [0, 0.05) is 17.1 Å². The van der Waals surface area contributed by atoms with Crippen molar-refractivity contribution in [1.82, 2.24) is 0 Å². The highest BCUT2D eigenvalue weighted by Crippen LogP contribution is 2.24. The van der Waals surface area contributed by atoms with Crippen LogP contribution < -0.4 is 10.5 Å². The first-order valence-electron chi connectivity index (χ1n) is 5.88. The van der Waals surface area contributed by atoms with Crippen molar-refractivity contribution in [3.63, 3.8) is 0 Å². The Morgan fingerprint density at radius 1 is 1.35 bits per heavy atom. The standard InChI is InChI=1S/C13H20BrNO2/c1-3-16-6-7-17-13-5-4-12(14)9-11(13)8-10(2)15/h4-5,9-10H,3,6-8,15H2,1-2H3. The van der Waals surface area contributed by atoms with Crippen molar-refractivity contribution in [2.24, 2.45) is 5.73 Å². The van der Waals surface area contributed by atoms with Crippen LogP contribution in [0.3, 0.4) is 0 Å². The summed E-state index contributed by atoms with van der Waals surface area (Å²) >= 11 is 3.46. The molecule has 1 unspecified atom stereocenters. The Bertz CT molecular complexity index is 342. The number of ether oxygens (including phenoxy) is 2. The fourth-order valence-electron chi connectivity index (χ4n) is 1.55. The molecule has 17 heavy (non-hydrogen) atoms. The first kappa shape index (κ1) is 14.5. The topological polar surface area (TPSA) is 44.5 Å². The molecule has 0 heterocycles. The molecule has 0 aliphatic heterocycles. The van der Waals surface area contributed by atoms with Crippen LogP contribution in [0.5, 0.6) is 5.75 Å². The van der Waals surface area contributed by atoms with Crippen LogP contribution in [-0.2, 0) is 11.2 Å². The lowest BCUT2D eigenvalue weighted by Crippen LogP contribution is -2.18. The van der Waals surface area contributed by atoms with E-state index in [0.717, 1.165) is 28.8 Å². The van der Waals surface area contributed by atoms with Gasteiger partial charge in [-0.2, -0.15) is 0 Å².